The van der Waals surface area contributed by atoms with Gasteiger partial charge in [0.1, 0.15) is 11.6 Å². The summed E-state index contributed by atoms with van der Waals surface area (Å²) in [7, 11) is 1.57. The third kappa shape index (κ3) is 2.71. The molecule has 132 valence electrons. The minimum Gasteiger partial charge on any atom is -0.497 e. The van der Waals surface area contributed by atoms with Crippen molar-refractivity contribution in [3.8, 4) is 5.75 Å². The fourth-order valence-corrected chi connectivity index (χ4v) is 4.49. The first-order valence-electron chi connectivity index (χ1n) is 8.79. The Labute approximate surface area is 146 Å². The molecule has 5 rings (SSSR count). The second-order valence-electron chi connectivity index (χ2n) is 7.09. The number of piperidine rings is 3. The van der Waals surface area contributed by atoms with Crippen LogP contribution in [0, 0.1) is 17.7 Å². The molecule has 1 N–H and O–H groups in total. The van der Waals surface area contributed by atoms with Gasteiger partial charge in [0.25, 0.3) is 0 Å². The van der Waals surface area contributed by atoms with E-state index in [4.69, 9.17) is 4.74 Å². The monoisotopic (exact) mass is 342 g/mol. The fourth-order valence-electron chi connectivity index (χ4n) is 4.49. The largest absolute Gasteiger partial charge is 0.497 e. The van der Waals surface area contributed by atoms with Crippen LogP contribution >= 0.6 is 0 Å². The van der Waals surface area contributed by atoms with Crippen LogP contribution in [0.1, 0.15) is 24.5 Å². The van der Waals surface area contributed by atoms with Crippen molar-refractivity contribution in [2.45, 2.75) is 25.0 Å². The molecular weight excluding hydrogens is 319 g/mol. The molecule has 1 aromatic carbocycles. The summed E-state index contributed by atoms with van der Waals surface area (Å²) >= 11 is 0. The number of hydrogen-bond donors (Lipinski definition) is 1. The Bertz CT molecular complexity index is 810. The summed E-state index contributed by atoms with van der Waals surface area (Å²) in [5.41, 5.74) is 0.993. The van der Waals surface area contributed by atoms with E-state index in [9.17, 15) is 9.50 Å². The highest BCUT2D eigenvalue weighted by atomic mass is 19.1. The zero-order chi connectivity index (χ0) is 17.6. The second-order valence-corrected chi connectivity index (χ2v) is 7.09. The van der Waals surface area contributed by atoms with E-state index in [-0.39, 0.29) is 6.04 Å². The van der Waals surface area contributed by atoms with Crippen molar-refractivity contribution >= 4 is 10.9 Å². The van der Waals surface area contributed by atoms with Crippen LogP contribution < -0.4 is 4.74 Å². The van der Waals surface area contributed by atoms with Crippen molar-refractivity contribution in [2.24, 2.45) is 11.8 Å². The van der Waals surface area contributed by atoms with E-state index in [0.29, 0.717) is 34.1 Å². The van der Waals surface area contributed by atoms with Crippen molar-refractivity contribution in [3.05, 3.63) is 48.4 Å². The molecule has 1 aromatic heterocycles. The highest BCUT2D eigenvalue weighted by Crippen LogP contribution is 2.42. The number of aliphatic hydroxyl groups excluding tert-OH is 1. The second kappa shape index (κ2) is 6.39. The van der Waals surface area contributed by atoms with Gasteiger partial charge in [0, 0.05) is 23.5 Å². The Balaban J connectivity index is 1.74. The zero-order valence-electron chi connectivity index (χ0n) is 14.4. The maximum Gasteiger partial charge on any atom is 0.147 e. The molecule has 3 aliphatic rings. The molecule has 25 heavy (non-hydrogen) atoms. The van der Waals surface area contributed by atoms with Gasteiger partial charge in [-0.25, -0.2) is 4.39 Å². The summed E-state index contributed by atoms with van der Waals surface area (Å²) in [6.45, 7) is 5.78. The summed E-state index contributed by atoms with van der Waals surface area (Å²) < 4.78 is 19.9. The van der Waals surface area contributed by atoms with E-state index >= 15 is 0 Å². The Morgan fingerprint density at radius 3 is 3.00 bits per heavy atom. The van der Waals surface area contributed by atoms with Crippen molar-refractivity contribution in [2.75, 3.05) is 20.2 Å². The first-order valence-corrected chi connectivity index (χ1v) is 8.79. The molecule has 3 saturated heterocycles. The number of halogens is 1. The first-order chi connectivity index (χ1) is 12.1. The molecule has 0 radical (unpaired) electrons. The minimum atomic E-state index is -0.883. The lowest BCUT2D eigenvalue weighted by molar-refractivity contribution is -0.0454. The van der Waals surface area contributed by atoms with Crippen LogP contribution in [0.2, 0.25) is 0 Å². The van der Waals surface area contributed by atoms with Crippen LogP contribution in [0.4, 0.5) is 4.39 Å². The molecule has 0 amide bonds. The molecule has 0 aliphatic carbocycles. The molecule has 0 saturated carbocycles. The lowest BCUT2D eigenvalue weighted by Gasteiger charge is -2.50. The fraction of sp³-hybridized carbons (Fsp3) is 0.450. The number of benzene rings is 1. The van der Waals surface area contributed by atoms with Crippen molar-refractivity contribution in [1.82, 2.24) is 9.88 Å². The zero-order valence-corrected chi connectivity index (χ0v) is 14.4. The van der Waals surface area contributed by atoms with Gasteiger partial charge in [0.05, 0.1) is 24.9 Å². The summed E-state index contributed by atoms with van der Waals surface area (Å²) in [6, 6.07) is 5.28. The van der Waals surface area contributed by atoms with Crippen LogP contribution in [0.3, 0.4) is 0 Å². The summed E-state index contributed by atoms with van der Waals surface area (Å²) in [6.07, 6.45) is 4.33. The van der Waals surface area contributed by atoms with Gasteiger partial charge in [-0.1, -0.05) is 6.08 Å². The maximum atomic E-state index is 14.6. The highest BCUT2D eigenvalue weighted by Gasteiger charge is 2.42. The molecule has 2 bridgehead atoms. The quantitative estimate of drug-likeness (QED) is 0.866. The number of fused-ring (bicyclic) bond motifs is 4. The molecular formula is C20H23FN2O2. The predicted octanol–water partition coefficient (Wildman–Crippen LogP) is 3.31. The highest BCUT2D eigenvalue weighted by molar-refractivity contribution is 5.84. The van der Waals surface area contributed by atoms with Crippen LogP contribution in [0.15, 0.2) is 37.1 Å². The maximum absolute atomic E-state index is 14.6. The summed E-state index contributed by atoms with van der Waals surface area (Å²) in [4.78, 5) is 6.43. The number of aliphatic hydroxyl groups is 1. The normalized spacial score (nSPS) is 29.6. The molecule has 4 heterocycles. The van der Waals surface area contributed by atoms with Crippen LogP contribution in [0.25, 0.3) is 10.9 Å². The topological polar surface area (TPSA) is 45.6 Å². The van der Waals surface area contributed by atoms with Gasteiger partial charge in [0.2, 0.25) is 0 Å². The molecule has 5 atom stereocenters. The van der Waals surface area contributed by atoms with E-state index in [0.717, 1.165) is 25.9 Å². The van der Waals surface area contributed by atoms with E-state index < -0.39 is 11.9 Å². The lowest BCUT2D eigenvalue weighted by Crippen LogP contribution is -2.55. The van der Waals surface area contributed by atoms with E-state index in [1.54, 1.807) is 25.3 Å². The Kier molecular flexibility index (Phi) is 4.21. The van der Waals surface area contributed by atoms with E-state index in [2.05, 4.69) is 16.5 Å². The number of nitrogens with zero attached hydrogens (tertiary/aromatic N) is 2. The minimum absolute atomic E-state index is 0.0683. The molecule has 3 aliphatic heterocycles. The third-order valence-corrected chi connectivity index (χ3v) is 5.88. The number of pyridine rings is 1. The van der Waals surface area contributed by atoms with Gasteiger partial charge < -0.3 is 9.84 Å². The number of hydrogen-bond acceptors (Lipinski definition) is 4. The number of rotatable bonds is 4. The van der Waals surface area contributed by atoms with Gasteiger partial charge in [-0.05, 0) is 49.4 Å². The van der Waals surface area contributed by atoms with Gasteiger partial charge in [0.15, 0.2) is 0 Å². The number of ether oxygens (including phenoxy) is 1. The van der Waals surface area contributed by atoms with Gasteiger partial charge in [-0.2, -0.15) is 0 Å². The molecule has 1 unspecified atom stereocenters. The van der Waals surface area contributed by atoms with Gasteiger partial charge in [-0.15, -0.1) is 6.58 Å². The molecule has 5 heteroatoms. The van der Waals surface area contributed by atoms with Crippen LogP contribution in [0.5, 0.6) is 5.75 Å². The summed E-state index contributed by atoms with van der Waals surface area (Å²) in [5, 5.41) is 11.7. The Hall–Kier alpha value is -1.98. The molecule has 4 nitrogen and oxygen atoms in total. The van der Waals surface area contributed by atoms with Crippen molar-refractivity contribution in [3.63, 3.8) is 0 Å². The van der Waals surface area contributed by atoms with Crippen LogP contribution in [-0.2, 0) is 0 Å². The van der Waals surface area contributed by atoms with Crippen molar-refractivity contribution in [1.29, 1.82) is 0 Å². The smallest absolute Gasteiger partial charge is 0.147 e. The van der Waals surface area contributed by atoms with Crippen LogP contribution in [-0.4, -0.2) is 41.2 Å². The third-order valence-electron chi connectivity index (χ3n) is 5.88. The Morgan fingerprint density at radius 2 is 2.32 bits per heavy atom. The standard InChI is InChI=1S/C20H23FN2O2/c1-3-12-11-23-7-6-13(12)8-18(23)20(24)19-15-9-14(25-2)4-5-17(15)22-10-16(19)21/h3-5,9-10,12-13,18,20,24H,1,6-8,11H2,2H3/t12-,13-,18-,20-/m0/s1. The molecule has 2 aromatic rings. The van der Waals surface area contributed by atoms with E-state index in [1.165, 1.54) is 6.20 Å². The molecule has 0 spiro atoms. The van der Waals surface area contributed by atoms with Gasteiger partial charge in [-0.3, -0.25) is 9.88 Å². The Morgan fingerprint density at radius 1 is 1.48 bits per heavy atom. The lowest BCUT2D eigenvalue weighted by atomic mass is 9.73. The van der Waals surface area contributed by atoms with E-state index in [1.807, 2.05) is 6.08 Å². The summed E-state index contributed by atoms with van der Waals surface area (Å²) in [5.74, 6) is 1.16. The average molecular weight is 342 g/mol. The number of methoxy groups -OCH3 is 1. The number of aromatic nitrogens is 1. The predicted molar refractivity (Wildman–Crippen MR) is 95.0 cm³/mol. The van der Waals surface area contributed by atoms with Gasteiger partial charge >= 0.3 is 0 Å². The van der Waals surface area contributed by atoms with Crippen molar-refractivity contribution < 1.29 is 14.2 Å². The average Bonchev–Trinajstić information content (AvgIpc) is 2.67. The molecule has 3 fully saturated rings. The SMILES string of the molecule is C=C[C@H]1CN2CC[C@H]1C[C@H]2[C@H](O)c1c(F)cnc2ccc(OC)cc12. The first kappa shape index (κ1) is 16.5.